The van der Waals surface area contributed by atoms with E-state index in [4.69, 9.17) is 20.8 Å². The van der Waals surface area contributed by atoms with Crippen molar-refractivity contribution in [2.24, 2.45) is 0 Å². The molecule has 1 N–H and O–H groups in total. The zero-order valence-corrected chi connectivity index (χ0v) is 23.1. The molecule has 0 spiro atoms. The Kier molecular flexibility index (Phi) is 7.01. The quantitative estimate of drug-likeness (QED) is 0.338. The molecule has 0 atom stereocenters. The van der Waals surface area contributed by atoms with Crippen molar-refractivity contribution in [3.63, 3.8) is 0 Å². The number of pyridine rings is 2. The lowest BCUT2D eigenvalue weighted by Crippen LogP contribution is -2.39. The highest BCUT2D eigenvalue weighted by atomic mass is 35.5. The van der Waals surface area contributed by atoms with Crippen LogP contribution in [0, 0.1) is 0 Å². The fourth-order valence-corrected chi connectivity index (χ4v) is 5.17. The third-order valence-electron chi connectivity index (χ3n) is 7.38. The first kappa shape index (κ1) is 25.7. The lowest BCUT2D eigenvalue weighted by atomic mass is 10.1. The maximum atomic E-state index is 13.0. The summed E-state index contributed by atoms with van der Waals surface area (Å²) in [5, 5.41) is 0.485. The first-order valence-corrected chi connectivity index (χ1v) is 15.4. The van der Waals surface area contributed by atoms with Gasteiger partial charge in [-0.05, 0) is 61.4 Å². The summed E-state index contributed by atoms with van der Waals surface area (Å²) < 4.78 is 11.6. The Morgan fingerprint density at radius 2 is 2.00 bits per heavy atom. The van der Waals surface area contributed by atoms with Gasteiger partial charge in [0.05, 0.1) is 17.7 Å². The van der Waals surface area contributed by atoms with E-state index in [1.54, 1.807) is 37.4 Å². The van der Waals surface area contributed by atoms with Crippen LogP contribution in [-0.4, -0.2) is 54.6 Å². The minimum atomic E-state index is -2.27. The van der Waals surface area contributed by atoms with Crippen LogP contribution < -0.4 is 4.74 Å². The van der Waals surface area contributed by atoms with Crippen LogP contribution in [0.1, 0.15) is 61.4 Å². The average Bonchev–Trinajstić information content (AvgIpc) is 3.55. The number of fused-ring (bicyclic) bond motifs is 1. The summed E-state index contributed by atoms with van der Waals surface area (Å²) in [7, 11) is 1.05. The molecule has 0 bridgehead atoms. The Bertz CT molecular complexity index is 1250. The van der Waals surface area contributed by atoms with E-state index in [2.05, 4.69) is 23.8 Å². The van der Waals surface area contributed by atoms with Crippen molar-refractivity contribution in [1.29, 1.82) is 0 Å². The number of carbonyl (C=O) groups excluding carboxylic acids is 1. The minimum Gasteiger partial charge on any atom is -0.494 e. The summed E-state index contributed by atoms with van der Waals surface area (Å²) in [6, 6.07) is 3.48. The minimum absolute atomic E-state index is 0.118. The van der Waals surface area contributed by atoms with Gasteiger partial charge in [-0.3, -0.25) is 9.78 Å². The second-order valence-corrected chi connectivity index (χ2v) is 15.5. The van der Waals surface area contributed by atoms with Crippen LogP contribution in [0.3, 0.4) is 0 Å². The van der Waals surface area contributed by atoms with E-state index in [1.165, 1.54) is 0 Å². The van der Waals surface area contributed by atoms with Crippen molar-refractivity contribution < 1.29 is 18.7 Å². The van der Waals surface area contributed by atoms with Gasteiger partial charge in [0.1, 0.15) is 17.0 Å². The molecule has 0 radical (unpaired) electrons. The molecular formula is C26H34ClN3O4Si. The lowest BCUT2D eigenvalue weighted by molar-refractivity contribution is 0.0790. The summed E-state index contributed by atoms with van der Waals surface area (Å²) in [4.78, 5) is 34.2. The third kappa shape index (κ3) is 5.24. The van der Waals surface area contributed by atoms with Gasteiger partial charge < -0.3 is 18.8 Å². The number of halogens is 1. The van der Waals surface area contributed by atoms with Crippen LogP contribution in [0.5, 0.6) is 5.75 Å². The zero-order chi connectivity index (χ0) is 25.5. The monoisotopic (exact) mass is 515 g/mol. The number of aromatic nitrogens is 2. The maximum Gasteiger partial charge on any atom is 0.255 e. The van der Waals surface area contributed by atoms with Crippen LogP contribution in [0.25, 0.3) is 22.6 Å². The topological polar surface area (TPSA) is 88.7 Å². The number of furan rings is 1. The molecule has 9 heteroatoms. The molecule has 188 valence electrons. The molecule has 1 saturated carbocycles. The number of rotatable bonds is 9. The Hall–Kier alpha value is -2.42. The van der Waals surface area contributed by atoms with Crippen LogP contribution in [0.2, 0.25) is 23.2 Å². The van der Waals surface area contributed by atoms with Gasteiger partial charge >= 0.3 is 0 Å². The first-order valence-electron chi connectivity index (χ1n) is 12.0. The van der Waals surface area contributed by atoms with Crippen molar-refractivity contribution in [2.75, 3.05) is 20.7 Å². The van der Waals surface area contributed by atoms with E-state index >= 15 is 0 Å². The van der Waals surface area contributed by atoms with Gasteiger partial charge in [0.2, 0.25) is 0 Å². The normalized spacial score (nSPS) is 14.4. The van der Waals surface area contributed by atoms with E-state index in [-0.39, 0.29) is 10.9 Å². The van der Waals surface area contributed by atoms with E-state index in [9.17, 15) is 9.59 Å². The van der Waals surface area contributed by atoms with Gasteiger partial charge in [-0.15, -0.1) is 0 Å². The molecule has 35 heavy (non-hydrogen) atoms. The van der Waals surface area contributed by atoms with Crippen LogP contribution in [0.15, 0.2) is 28.9 Å². The largest absolute Gasteiger partial charge is 0.494 e. The summed E-state index contributed by atoms with van der Waals surface area (Å²) in [5.41, 5.74) is 3.16. The molecule has 7 nitrogen and oxygen atoms in total. The van der Waals surface area contributed by atoms with Gasteiger partial charge in [-0.25, -0.2) is 4.98 Å². The molecule has 0 aliphatic heterocycles. The molecule has 1 amide bonds. The van der Waals surface area contributed by atoms with E-state index in [0.29, 0.717) is 51.4 Å². The predicted molar refractivity (Wildman–Crippen MR) is 141 cm³/mol. The van der Waals surface area contributed by atoms with Crippen LogP contribution in [0.4, 0.5) is 0 Å². The number of carbonyl (C=O) groups is 1. The highest BCUT2D eigenvalue weighted by Gasteiger charge is 2.37. The molecule has 1 fully saturated rings. The van der Waals surface area contributed by atoms with Crippen LogP contribution >= 0.6 is 11.6 Å². The van der Waals surface area contributed by atoms with Crippen molar-refractivity contribution in [3.05, 3.63) is 40.7 Å². The lowest BCUT2D eigenvalue weighted by Gasteiger charge is -2.35. The molecule has 0 unspecified atom stereocenters. The molecule has 3 aromatic heterocycles. The number of nitrogens with zero attached hydrogens (tertiary/aromatic N) is 3. The number of hydrogen-bond acceptors (Lipinski definition) is 6. The van der Waals surface area contributed by atoms with E-state index in [0.717, 1.165) is 31.2 Å². The van der Waals surface area contributed by atoms with Gasteiger partial charge in [-0.2, -0.15) is 0 Å². The van der Waals surface area contributed by atoms with Gasteiger partial charge in [0.15, 0.2) is 19.7 Å². The molecule has 1 aliphatic rings. The van der Waals surface area contributed by atoms with Gasteiger partial charge in [0, 0.05) is 32.1 Å². The van der Waals surface area contributed by atoms with Crippen molar-refractivity contribution in [2.45, 2.75) is 63.6 Å². The smallest absolute Gasteiger partial charge is 0.255 e. The fraction of sp³-hybridized carbons (Fsp3) is 0.500. The standard InChI is InChI=1S/C26H34ClN3O4Si/c1-26(2,35(5,6)32)10-7-11-30(3)25(31)17-12-20(33-4)23(29-14-17)21-13-19-24(34-21)22(27)18(15-28-19)16-8-9-16/h12-16,32H,7-11H2,1-6H3. The summed E-state index contributed by atoms with van der Waals surface area (Å²) in [5.74, 6) is 1.26. The highest BCUT2D eigenvalue weighted by molar-refractivity contribution is 6.72. The second-order valence-electron chi connectivity index (χ2n) is 10.7. The molecule has 1 aliphatic carbocycles. The maximum absolute atomic E-state index is 13.0. The number of hydrogen-bond donors (Lipinski definition) is 1. The fourth-order valence-electron chi connectivity index (χ4n) is 4.05. The van der Waals surface area contributed by atoms with Crippen LogP contribution in [-0.2, 0) is 0 Å². The Balaban J connectivity index is 1.51. The summed E-state index contributed by atoms with van der Waals surface area (Å²) >= 11 is 6.60. The van der Waals surface area contributed by atoms with Crippen molar-refractivity contribution in [3.8, 4) is 17.2 Å². The van der Waals surface area contributed by atoms with Crippen molar-refractivity contribution in [1.82, 2.24) is 14.9 Å². The Morgan fingerprint density at radius 1 is 1.29 bits per heavy atom. The summed E-state index contributed by atoms with van der Waals surface area (Å²) in [6.07, 6.45) is 7.28. The summed E-state index contributed by atoms with van der Waals surface area (Å²) in [6.45, 7) is 8.71. The molecule has 3 heterocycles. The molecular weight excluding hydrogens is 482 g/mol. The first-order chi connectivity index (χ1) is 16.4. The Morgan fingerprint density at radius 3 is 2.63 bits per heavy atom. The highest BCUT2D eigenvalue weighted by Crippen LogP contribution is 2.46. The second kappa shape index (κ2) is 9.56. The average molecular weight is 516 g/mol. The predicted octanol–water partition coefficient (Wildman–Crippen LogP) is 6.26. The third-order valence-corrected chi connectivity index (χ3v) is 11.3. The van der Waals surface area contributed by atoms with Gasteiger partial charge in [0.25, 0.3) is 5.91 Å². The Labute approximate surface area is 212 Å². The zero-order valence-electron chi connectivity index (χ0n) is 21.3. The molecule has 4 rings (SSSR count). The molecule has 3 aromatic rings. The van der Waals surface area contributed by atoms with Gasteiger partial charge in [-0.1, -0.05) is 25.4 Å². The number of ether oxygens (including phenoxy) is 1. The van der Waals surface area contributed by atoms with E-state index in [1.807, 2.05) is 19.3 Å². The molecule has 0 aromatic carbocycles. The number of amides is 1. The number of methoxy groups -OCH3 is 1. The SMILES string of the molecule is COc1cc(C(=O)N(C)CCCC(C)(C)[Si](C)(C)O)cnc1-c1cc2ncc(C3CC3)c(Cl)c2o1. The van der Waals surface area contributed by atoms with E-state index < -0.39 is 8.32 Å². The molecule has 0 saturated heterocycles. The van der Waals surface area contributed by atoms with Crippen molar-refractivity contribution >= 4 is 36.9 Å².